The van der Waals surface area contributed by atoms with Gasteiger partial charge in [-0.1, -0.05) is 53.6 Å². The molecule has 6 heterocycles. The molecule has 2 bridgehead atoms. The lowest BCUT2D eigenvalue weighted by Crippen LogP contribution is -2.82. The van der Waals surface area contributed by atoms with Gasteiger partial charge in [-0.25, -0.2) is 4.79 Å². The number of hydrogen-bond acceptors (Lipinski definition) is 19. The van der Waals surface area contributed by atoms with E-state index in [2.05, 4.69) is 41.6 Å². The number of benzene rings is 2. The maximum atomic E-state index is 15.5. The highest BCUT2D eigenvalue weighted by Gasteiger charge is 2.79. The first kappa shape index (κ1) is 62.3. The predicted molar refractivity (Wildman–Crippen MR) is 309 cm³/mol. The van der Waals surface area contributed by atoms with Crippen LogP contribution in [-0.2, 0) is 60.3 Å². The monoisotopic (exact) mass is 1210 g/mol. The van der Waals surface area contributed by atoms with Crippen LogP contribution in [0.15, 0.2) is 36.4 Å². The summed E-state index contributed by atoms with van der Waals surface area (Å²) in [5.41, 5.74) is 1.80. The molecule has 1 spiro atoms. The maximum Gasteiger partial charge on any atom is 0.327 e. The number of rotatable bonds is 21. The number of carbonyl (C=O) groups is 8. The fourth-order valence-electron chi connectivity index (χ4n) is 15.6. The molecule has 4 fully saturated rings. The van der Waals surface area contributed by atoms with E-state index in [1.807, 2.05) is 55.1 Å². The molecule has 27 heteroatoms. The van der Waals surface area contributed by atoms with Crippen molar-refractivity contribution in [3.63, 3.8) is 0 Å². The molecule has 2 aromatic carbocycles. The van der Waals surface area contributed by atoms with Crippen molar-refractivity contribution in [1.29, 1.82) is 0 Å². The number of hydrazine groups is 1. The van der Waals surface area contributed by atoms with Gasteiger partial charge in [0.15, 0.2) is 5.60 Å². The van der Waals surface area contributed by atoms with Crippen molar-refractivity contribution in [3.05, 3.63) is 58.8 Å². The van der Waals surface area contributed by atoms with E-state index in [-0.39, 0.29) is 18.1 Å². The minimum absolute atomic E-state index is 0.195. The molecule has 1 aliphatic carbocycles. The number of hydrogen-bond donors (Lipinski definition) is 12. The van der Waals surface area contributed by atoms with Gasteiger partial charge in [0.1, 0.15) is 29.4 Å². The molecule has 1 aromatic heterocycles. The highest BCUT2D eigenvalue weighted by molar-refractivity contribution is 8.76. The Balaban J connectivity index is 1.01. The topological polar surface area (TPSA) is 362 Å². The first-order chi connectivity index (χ1) is 39.9. The summed E-state index contributed by atoms with van der Waals surface area (Å²) in [4.78, 5) is 115. The fraction of sp³-hybridized carbons (Fsp3) is 0.614. The van der Waals surface area contributed by atoms with Crippen molar-refractivity contribution in [2.75, 3.05) is 77.4 Å². The van der Waals surface area contributed by atoms with Crippen LogP contribution in [0.5, 0.6) is 5.75 Å². The molecule has 12 N–H and O–H groups in total. The number of piperidine rings is 2. The quantitative estimate of drug-likeness (QED) is 0.0301. The Kier molecular flexibility index (Phi) is 18.0. The number of amides is 4. The number of aliphatic hydroxyl groups excluding tert-OH is 1. The number of likely N-dealkylation sites (N-methyl/N-ethyl adjacent to an activating group) is 2. The number of anilines is 1. The minimum Gasteiger partial charge on any atom is -0.496 e. The van der Waals surface area contributed by atoms with Gasteiger partial charge < -0.3 is 65.9 Å². The molecular weight excluding hydrogens is 1130 g/mol. The Labute approximate surface area is 493 Å². The molecule has 3 aromatic rings. The van der Waals surface area contributed by atoms with Gasteiger partial charge >= 0.3 is 23.9 Å². The van der Waals surface area contributed by atoms with Crippen molar-refractivity contribution < 1.29 is 78.5 Å². The van der Waals surface area contributed by atoms with E-state index >= 15 is 9.59 Å². The van der Waals surface area contributed by atoms with Gasteiger partial charge in [0.05, 0.1) is 50.5 Å². The van der Waals surface area contributed by atoms with Gasteiger partial charge in [0.2, 0.25) is 17.7 Å². The number of nitrogens with one attached hydrogen (secondary N) is 6. The zero-order chi connectivity index (χ0) is 60.8. The van der Waals surface area contributed by atoms with E-state index in [0.29, 0.717) is 100 Å². The normalized spacial score (nSPS) is 30.5. The van der Waals surface area contributed by atoms with Crippen LogP contribution in [0.1, 0.15) is 94.0 Å². The number of ether oxygens (including phenoxy) is 2. The van der Waals surface area contributed by atoms with Crippen molar-refractivity contribution >= 4 is 85.7 Å². The van der Waals surface area contributed by atoms with Gasteiger partial charge in [-0.15, -0.1) is 0 Å². The highest BCUT2D eigenvalue weighted by Crippen LogP contribution is 2.68. The average molecular weight is 1210 g/mol. The summed E-state index contributed by atoms with van der Waals surface area (Å²) in [5.74, 6) is -9.56. The molecule has 1 unspecified atom stereocenters. The summed E-state index contributed by atoms with van der Waals surface area (Å²) in [5, 5.41) is 75.0. The van der Waals surface area contributed by atoms with Crippen molar-refractivity contribution in [1.82, 2.24) is 41.6 Å². The van der Waals surface area contributed by atoms with Crippen LogP contribution in [0.2, 0.25) is 0 Å². The maximum absolute atomic E-state index is 15.5. The van der Waals surface area contributed by atoms with Gasteiger partial charge in [0.25, 0.3) is 5.91 Å². The summed E-state index contributed by atoms with van der Waals surface area (Å²) in [6.45, 7) is 6.93. The van der Waals surface area contributed by atoms with Crippen LogP contribution in [-0.4, -0.2) is 213 Å². The summed E-state index contributed by atoms with van der Waals surface area (Å²) >= 11 is 0. The number of fused-ring (bicyclic) bond motifs is 6. The number of H-pyrrole nitrogens is 1. The van der Waals surface area contributed by atoms with Gasteiger partial charge in [-0.3, -0.25) is 54.2 Å². The Morgan fingerprint density at radius 3 is 2.20 bits per heavy atom. The van der Waals surface area contributed by atoms with Crippen molar-refractivity contribution in [2.24, 2.45) is 11.3 Å². The lowest BCUT2D eigenvalue weighted by atomic mass is 9.46. The first-order valence-corrected chi connectivity index (χ1v) is 30.9. The third-order valence-corrected chi connectivity index (χ3v) is 21.4. The first-order valence-electron chi connectivity index (χ1n) is 28.4. The number of carboxylic acid groups (broad SMARTS) is 3. The SMILES string of the molecule is CC[C@]1(O)C[C@H]2CN(CCc3c([nH]c4ccccc34)[C@@](C(=O)OC)(c3cc4c(cc3OC)N(C)[C@H]3[C@@](O)(C(=O)NNC(=O)CSSC[C@H](NC(=O)[C@H](CC(=O)O)NC(=O)[C@H](CC(=O)O)NC)C(=O)O)[C@H](O)[C@]5(CC)CCCN6CC[C@]43[C@@H]65)C2)C1. The van der Waals surface area contributed by atoms with Crippen LogP contribution in [0.4, 0.5) is 5.69 Å². The molecule has 3 saturated heterocycles. The molecule has 458 valence electrons. The average Bonchev–Trinajstić information content (AvgIpc) is 1.44. The smallest absolute Gasteiger partial charge is 0.327 e. The van der Waals surface area contributed by atoms with E-state index in [1.165, 1.54) is 21.3 Å². The van der Waals surface area contributed by atoms with Crippen LogP contribution in [0.3, 0.4) is 0 Å². The Morgan fingerprint density at radius 2 is 1.54 bits per heavy atom. The van der Waals surface area contributed by atoms with E-state index in [4.69, 9.17) is 14.6 Å². The Morgan fingerprint density at radius 1 is 0.833 bits per heavy atom. The van der Waals surface area contributed by atoms with E-state index in [1.54, 1.807) is 7.05 Å². The molecule has 9 rings (SSSR count). The van der Waals surface area contributed by atoms with Crippen LogP contribution < -0.4 is 36.4 Å². The zero-order valence-electron chi connectivity index (χ0n) is 48.0. The van der Waals surface area contributed by atoms with Crippen molar-refractivity contribution in [3.8, 4) is 5.75 Å². The number of nitrogens with zero attached hydrogens (tertiary/aromatic N) is 3. The molecule has 4 amide bonds. The van der Waals surface area contributed by atoms with Crippen LogP contribution >= 0.6 is 21.6 Å². The fourth-order valence-corrected chi connectivity index (χ4v) is 17.6. The minimum atomic E-state index is -2.61. The number of aromatic amines is 1. The molecule has 13 atom stereocenters. The summed E-state index contributed by atoms with van der Waals surface area (Å²) in [6, 6.07) is 5.47. The molecule has 1 saturated carbocycles. The lowest BCUT2D eigenvalue weighted by Gasteiger charge is -2.64. The number of carboxylic acids is 3. The summed E-state index contributed by atoms with van der Waals surface area (Å²) < 4.78 is 12.4. The summed E-state index contributed by atoms with van der Waals surface area (Å²) in [7, 11) is 7.64. The second-order valence-electron chi connectivity index (χ2n) is 23.5. The molecule has 25 nitrogen and oxygen atoms in total. The molecule has 0 radical (unpaired) electrons. The third kappa shape index (κ3) is 10.6. The molecular formula is C57H77N9O16S2. The van der Waals surface area contributed by atoms with Crippen molar-refractivity contribution in [2.45, 2.75) is 136 Å². The van der Waals surface area contributed by atoms with Crippen LogP contribution in [0, 0.1) is 11.3 Å². The number of aliphatic hydroxyl groups is 3. The lowest BCUT2D eigenvalue weighted by molar-refractivity contribution is -0.222. The zero-order valence-corrected chi connectivity index (χ0v) is 49.6. The van der Waals surface area contributed by atoms with E-state index < -0.39 is 130 Å². The number of para-hydroxylation sites is 1. The molecule has 5 aliphatic heterocycles. The second-order valence-corrected chi connectivity index (χ2v) is 26.0. The van der Waals surface area contributed by atoms with Gasteiger partial charge in [-0.2, -0.15) is 0 Å². The highest BCUT2D eigenvalue weighted by atomic mass is 33.1. The number of aromatic nitrogens is 1. The number of methoxy groups -OCH3 is 2. The van der Waals surface area contributed by atoms with Gasteiger partial charge in [0, 0.05) is 83.2 Å². The number of aliphatic carboxylic acids is 3. The Bertz CT molecular complexity index is 3100. The number of esters is 1. The van der Waals surface area contributed by atoms with Crippen LogP contribution in [0.25, 0.3) is 10.9 Å². The molecule has 6 aliphatic rings. The Hall–Kier alpha value is -6.20. The van der Waals surface area contributed by atoms with E-state index in [0.717, 1.165) is 43.6 Å². The summed E-state index contributed by atoms with van der Waals surface area (Å²) in [6.07, 6.45) is 0.347. The third-order valence-electron chi connectivity index (χ3n) is 19.1. The van der Waals surface area contributed by atoms with E-state index in [9.17, 15) is 54.3 Å². The second kappa shape index (κ2) is 24.3. The largest absolute Gasteiger partial charge is 0.496 e. The number of carbonyl (C=O) groups excluding carboxylic acids is 5. The molecule has 84 heavy (non-hydrogen) atoms. The van der Waals surface area contributed by atoms with Gasteiger partial charge in [-0.05, 0) is 101 Å². The standard InChI is InChI=1S/C57H77N9O16S2/c1-7-53(79)24-30-25-56(52(78)82-6,44-32(14-18-65(26-30)29-53)31-12-9-10-13-35(31)59-44)34-20-33-39(23-40(34)81-5)64(4)49-55(33)16-19-66-17-11-15-54(8-2,48(55)66)50(76)57(49,80)51(77)63-62-41(67)28-84-83-27-38(47(74)75)61-46(73)37(22-43(70)71)60-45(72)36(58-3)21-42(68)69/h9-10,12-13,20,23,30,36-38,48-50,58-59,76,79-80H,7-8,11,14-19,21-22,24-29H2,1-6H3,(H,60,72)(H,61,73)(H,62,67)(H,63,77)(H,68,69)(H,70,71)(H,74,75)/t30-,36+,37+,38+,48+,49-,50-,53+,54-,55-,56+,57+/m1/s1. The predicted octanol–water partition coefficient (Wildman–Crippen LogP) is 0.592.